The molecule has 1 aromatic rings. The fourth-order valence-electron chi connectivity index (χ4n) is 2.50. The van der Waals surface area contributed by atoms with Crippen LogP contribution in [0.3, 0.4) is 0 Å². The fourth-order valence-corrected chi connectivity index (χ4v) is 4.07. The fraction of sp³-hybridized carbons (Fsp3) is 0.667. The summed E-state index contributed by atoms with van der Waals surface area (Å²) in [5.74, 6) is 3.36. The third-order valence-electron chi connectivity index (χ3n) is 3.64. The van der Waals surface area contributed by atoms with Crippen LogP contribution in [-0.4, -0.2) is 12.0 Å². The van der Waals surface area contributed by atoms with Gasteiger partial charge in [0.25, 0.3) is 0 Å². The summed E-state index contributed by atoms with van der Waals surface area (Å²) >= 11 is 5.15. The van der Waals surface area contributed by atoms with Crippen molar-refractivity contribution in [1.29, 1.82) is 0 Å². The van der Waals surface area contributed by atoms with Crippen LogP contribution in [-0.2, 0) is 6.42 Å². The summed E-state index contributed by atoms with van der Waals surface area (Å²) in [6.07, 6.45) is 1.86. The van der Waals surface area contributed by atoms with Crippen LogP contribution in [0, 0.1) is 5.92 Å². The first-order valence-corrected chi connectivity index (χ1v) is 7.75. The van der Waals surface area contributed by atoms with Gasteiger partial charge in [-0.1, -0.05) is 0 Å². The van der Waals surface area contributed by atoms with E-state index >= 15 is 0 Å². The quantitative estimate of drug-likeness (QED) is 0.648. The molecule has 0 bridgehead atoms. The largest absolute Gasteiger partial charge is 0.271 e. The number of nitrogens with two attached hydrogens (primary N) is 1. The Labute approximate surface area is 118 Å². The standard InChI is InChI=1S/C12H17BrF2N2S/c13-9-3-6-18-11(9)7-10(17-16)8-1-4-12(14,15)5-2-8/h3,6,8,10,17H,1-2,4-5,7,16H2. The van der Waals surface area contributed by atoms with E-state index in [1.165, 1.54) is 4.88 Å². The Morgan fingerprint density at radius 2 is 2.17 bits per heavy atom. The van der Waals surface area contributed by atoms with E-state index in [1.807, 2.05) is 11.4 Å². The molecule has 0 aromatic carbocycles. The lowest BCUT2D eigenvalue weighted by molar-refractivity contribution is -0.0495. The van der Waals surface area contributed by atoms with E-state index in [-0.39, 0.29) is 24.8 Å². The predicted molar refractivity (Wildman–Crippen MR) is 73.7 cm³/mol. The van der Waals surface area contributed by atoms with Crippen molar-refractivity contribution in [3.8, 4) is 0 Å². The Morgan fingerprint density at radius 3 is 2.67 bits per heavy atom. The Kier molecular flexibility index (Phi) is 4.75. The zero-order valence-electron chi connectivity index (χ0n) is 9.96. The molecule has 1 heterocycles. The van der Waals surface area contributed by atoms with E-state index in [9.17, 15) is 8.78 Å². The number of hydrazine groups is 1. The van der Waals surface area contributed by atoms with Crippen molar-refractivity contribution in [2.45, 2.75) is 44.1 Å². The predicted octanol–water partition coefficient (Wildman–Crippen LogP) is 3.71. The molecule has 1 saturated carbocycles. The second kappa shape index (κ2) is 5.94. The van der Waals surface area contributed by atoms with Gasteiger partial charge in [0, 0.05) is 28.2 Å². The third-order valence-corrected chi connectivity index (χ3v) is 5.59. The van der Waals surface area contributed by atoms with Crippen LogP contribution in [0.4, 0.5) is 8.78 Å². The van der Waals surface area contributed by atoms with Crippen LogP contribution in [0.25, 0.3) is 0 Å². The molecule has 1 aliphatic rings. The van der Waals surface area contributed by atoms with Crippen molar-refractivity contribution in [1.82, 2.24) is 5.43 Å². The number of rotatable bonds is 4. The molecule has 18 heavy (non-hydrogen) atoms. The molecule has 2 rings (SSSR count). The lowest BCUT2D eigenvalue weighted by Gasteiger charge is -2.33. The topological polar surface area (TPSA) is 38.0 Å². The molecule has 1 atom stereocenters. The van der Waals surface area contributed by atoms with E-state index in [0.717, 1.165) is 10.9 Å². The highest BCUT2D eigenvalue weighted by Gasteiger charge is 2.37. The van der Waals surface area contributed by atoms with Crippen LogP contribution in [0.5, 0.6) is 0 Å². The molecule has 1 unspecified atom stereocenters. The number of halogens is 3. The van der Waals surface area contributed by atoms with E-state index in [1.54, 1.807) is 11.3 Å². The van der Waals surface area contributed by atoms with Gasteiger partial charge < -0.3 is 0 Å². The SMILES string of the molecule is NNC(Cc1sccc1Br)C1CCC(F)(F)CC1. The Balaban J connectivity index is 1.96. The van der Waals surface area contributed by atoms with E-state index in [0.29, 0.717) is 12.8 Å². The minimum atomic E-state index is -2.47. The zero-order chi connectivity index (χ0) is 13.2. The molecule has 0 aliphatic heterocycles. The molecule has 6 heteroatoms. The average molecular weight is 339 g/mol. The summed E-state index contributed by atoms with van der Waals surface area (Å²) < 4.78 is 27.3. The second-order valence-corrected chi connectivity index (χ2v) is 6.72. The van der Waals surface area contributed by atoms with Gasteiger partial charge >= 0.3 is 0 Å². The Morgan fingerprint density at radius 1 is 1.50 bits per heavy atom. The molecule has 0 saturated heterocycles. The van der Waals surface area contributed by atoms with E-state index in [2.05, 4.69) is 21.4 Å². The van der Waals surface area contributed by atoms with Gasteiger partial charge in [0.15, 0.2) is 0 Å². The number of hydrogen-bond donors (Lipinski definition) is 2. The van der Waals surface area contributed by atoms with Crippen molar-refractivity contribution >= 4 is 27.3 Å². The molecule has 0 amide bonds. The van der Waals surface area contributed by atoms with Crippen LogP contribution >= 0.6 is 27.3 Å². The third kappa shape index (κ3) is 3.50. The summed E-state index contributed by atoms with van der Waals surface area (Å²) in [4.78, 5) is 1.22. The molecular formula is C12H17BrF2N2S. The van der Waals surface area contributed by atoms with Gasteiger partial charge in [-0.3, -0.25) is 11.3 Å². The summed E-state index contributed by atoms with van der Waals surface area (Å²) in [6.45, 7) is 0. The molecular weight excluding hydrogens is 322 g/mol. The van der Waals surface area contributed by atoms with Gasteiger partial charge in [-0.25, -0.2) is 8.78 Å². The van der Waals surface area contributed by atoms with Gasteiger partial charge in [-0.15, -0.1) is 11.3 Å². The first kappa shape index (κ1) is 14.4. The maximum absolute atomic E-state index is 13.1. The molecule has 0 radical (unpaired) electrons. The van der Waals surface area contributed by atoms with Crippen molar-refractivity contribution in [3.05, 3.63) is 20.8 Å². The van der Waals surface area contributed by atoms with Gasteiger partial charge in [0.05, 0.1) is 0 Å². The highest BCUT2D eigenvalue weighted by Crippen LogP contribution is 2.38. The minimum absolute atomic E-state index is 0.0124. The van der Waals surface area contributed by atoms with Crippen LogP contribution in [0.1, 0.15) is 30.6 Å². The zero-order valence-corrected chi connectivity index (χ0v) is 12.4. The van der Waals surface area contributed by atoms with Crippen molar-refractivity contribution in [2.24, 2.45) is 11.8 Å². The number of nitrogens with one attached hydrogen (secondary N) is 1. The number of thiophene rings is 1. The summed E-state index contributed by atoms with van der Waals surface area (Å²) in [5, 5.41) is 2.02. The molecule has 3 N–H and O–H groups in total. The molecule has 2 nitrogen and oxygen atoms in total. The summed E-state index contributed by atoms with van der Waals surface area (Å²) in [6, 6.07) is 2.08. The first-order valence-electron chi connectivity index (χ1n) is 6.07. The van der Waals surface area contributed by atoms with Crippen molar-refractivity contribution in [2.75, 3.05) is 0 Å². The number of hydrogen-bond acceptors (Lipinski definition) is 3. The normalized spacial score (nSPS) is 22.0. The lowest BCUT2D eigenvalue weighted by Crippen LogP contribution is -2.44. The van der Waals surface area contributed by atoms with Gasteiger partial charge in [0.2, 0.25) is 5.92 Å². The lowest BCUT2D eigenvalue weighted by atomic mass is 9.81. The average Bonchev–Trinajstić information content (AvgIpc) is 2.72. The van der Waals surface area contributed by atoms with Crippen LogP contribution in [0.15, 0.2) is 15.9 Å². The smallest absolute Gasteiger partial charge is 0.248 e. The summed E-state index contributed by atoms with van der Waals surface area (Å²) in [7, 11) is 0. The highest BCUT2D eigenvalue weighted by atomic mass is 79.9. The van der Waals surface area contributed by atoms with Gasteiger partial charge in [-0.2, -0.15) is 0 Å². The first-order chi connectivity index (χ1) is 8.52. The monoisotopic (exact) mass is 338 g/mol. The minimum Gasteiger partial charge on any atom is -0.271 e. The maximum Gasteiger partial charge on any atom is 0.248 e. The van der Waals surface area contributed by atoms with Crippen molar-refractivity contribution in [3.63, 3.8) is 0 Å². The molecule has 1 aromatic heterocycles. The van der Waals surface area contributed by atoms with Crippen LogP contribution in [0.2, 0.25) is 0 Å². The Bertz CT molecular complexity index is 387. The van der Waals surface area contributed by atoms with Gasteiger partial charge in [0.1, 0.15) is 0 Å². The molecule has 1 aliphatic carbocycles. The van der Waals surface area contributed by atoms with Gasteiger partial charge in [-0.05, 0) is 52.6 Å². The molecule has 102 valence electrons. The summed E-state index contributed by atoms with van der Waals surface area (Å²) in [5.41, 5.74) is 2.81. The van der Waals surface area contributed by atoms with E-state index in [4.69, 9.17) is 5.84 Å². The number of alkyl halides is 2. The maximum atomic E-state index is 13.1. The van der Waals surface area contributed by atoms with Crippen molar-refractivity contribution < 1.29 is 8.78 Å². The molecule has 1 fully saturated rings. The second-order valence-electron chi connectivity index (χ2n) is 4.86. The molecule has 0 spiro atoms. The van der Waals surface area contributed by atoms with E-state index < -0.39 is 5.92 Å². The Hall–Kier alpha value is -0.0400. The highest BCUT2D eigenvalue weighted by molar-refractivity contribution is 9.10. The van der Waals surface area contributed by atoms with Crippen LogP contribution < -0.4 is 11.3 Å².